The lowest BCUT2D eigenvalue weighted by molar-refractivity contribution is -0.134. The van der Waals surface area contributed by atoms with Crippen LogP contribution >= 0.6 is 0 Å². The zero-order valence-corrected chi connectivity index (χ0v) is 10.7. The van der Waals surface area contributed by atoms with Gasteiger partial charge in [-0.3, -0.25) is 4.79 Å². The Morgan fingerprint density at radius 3 is 2.50 bits per heavy atom. The minimum absolute atomic E-state index is 0.329. The summed E-state index contributed by atoms with van der Waals surface area (Å²) in [5.74, 6) is 0.782. The van der Waals surface area contributed by atoms with Crippen LogP contribution in [0.5, 0.6) is 0 Å². The molecule has 0 saturated heterocycles. The molecule has 2 N–H and O–H groups in total. The van der Waals surface area contributed by atoms with Gasteiger partial charge in [-0.2, -0.15) is 0 Å². The molecule has 3 heteroatoms. The topological polar surface area (TPSA) is 46.3 Å². The van der Waals surface area contributed by atoms with Crippen molar-refractivity contribution in [1.82, 2.24) is 4.90 Å². The maximum Gasteiger partial charge on any atom is 0.223 e. The third-order valence-corrected chi connectivity index (χ3v) is 3.27. The van der Waals surface area contributed by atoms with Gasteiger partial charge in [0.05, 0.1) is 0 Å². The van der Waals surface area contributed by atoms with E-state index in [1.807, 2.05) is 0 Å². The maximum absolute atomic E-state index is 12.1. The Morgan fingerprint density at radius 1 is 1.38 bits per heavy atom. The molecular weight excluding hydrogens is 200 g/mol. The van der Waals surface area contributed by atoms with Crippen molar-refractivity contribution in [2.24, 2.45) is 11.7 Å². The predicted octanol–water partition coefficient (Wildman–Crippen LogP) is 2.15. The monoisotopic (exact) mass is 226 g/mol. The first kappa shape index (κ1) is 13.5. The van der Waals surface area contributed by atoms with E-state index in [4.69, 9.17) is 5.73 Å². The Balaban J connectivity index is 2.51. The van der Waals surface area contributed by atoms with Crippen LogP contribution in [0.25, 0.3) is 0 Å². The van der Waals surface area contributed by atoms with Crippen molar-refractivity contribution in [3.05, 3.63) is 0 Å². The molecule has 1 saturated carbocycles. The van der Waals surface area contributed by atoms with Gasteiger partial charge in [0.2, 0.25) is 5.91 Å². The summed E-state index contributed by atoms with van der Waals surface area (Å²) >= 11 is 0. The number of rotatable bonds is 6. The molecule has 1 aliphatic carbocycles. The highest BCUT2D eigenvalue weighted by atomic mass is 16.2. The molecule has 0 bridgehead atoms. The second kappa shape index (κ2) is 6.89. The highest BCUT2D eigenvalue weighted by Gasteiger charge is 2.26. The van der Waals surface area contributed by atoms with Crippen molar-refractivity contribution in [2.75, 3.05) is 13.1 Å². The predicted molar refractivity (Wildman–Crippen MR) is 67.1 cm³/mol. The van der Waals surface area contributed by atoms with E-state index >= 15 is 0 Å². The molecule has 0 unspecified atom stereocenters. The van der Waals surface area contributed by atoms with Crippen LogP contribution in [-0.4, -0.2) is 29.9 Å². The first-order chi connectivity index (χ1) is 7.65. The first-order valence-corrected chi connectivity index (χ1v) is 6.64. The number of hydrogen-bond acceptors (Lipinski definition) is 2. The number of carbonyl (C=O) groups is 1. The van der Waals surface area contributed by atoms with Gasteiger partial charge in [-0.15, -0.1) is 0 Å². The number of nitrogens with zero attached hydrogens (tertiary/aromatic N) is 1. The van der Waals surface area contributed by atoms with Gasteiger partial charge in [0.15, 0.2) is 0 Å². The van der Waals surface area contributed by atoms with Crippen molar-refractivity contribution in [1.29, 1.82) is 0 Å². The fourth-order valence-electron chi connectivity index (χ4n) is 2.45. The first-order valence-electron chi connectivity index (χ1n) is 6.64. The Kier molecular flexibility index (Phi) is 5.81. The van der Waals surface area contributed by atoms with Gasteiger partial charge < -0.3 is 10.6 Å². The lowest BCUT2D eigenvalue weighted by atomic mass is 10.1. The molecule has 0 aromatic carbocycles. The molecule has 1 fully saturated rings. The molecular formula is C13H26N2O. The Bertz CT molecular complexity index is 210. The molecule has 0 aromatic rings. The summed E-state index contributed by atoms with van der Waals surface area (Å²) in [5, 5.41) is 0. The smallest absolute Gasteiger partial charge is 0.223 e. The van der Waals surface area contributed by atoms with Crippen molar-refractivity contribution in [3.63, 3.8) is 0 Å². The van der Waals surface area contributed by atoms with Crippen LogP contribution in [0.3, 0.4) is 0 Å². The van der Waals surface area contributed by atoms with Crippen LogP contribution in [0.2, 0.25) is 0 Å². The van der Waals surface area contributed by atoms with Gasteiger partial charge in [0.1, 0.15) is 0 Å². The zero-order chi connectivity index (χ0) is 12.0. The summed E-state index contributed by atoms with van der Waals surface area (Å²) in [4.78, 5) is 14.2. The molecule has 16 heavy (non-hydrogen) atoms. The van der Waals surface area contributed by atoms with Gasteiger partial charge in [-0.05, 0) is 31.7 Å². The van der Waals surface area contributed by atoms with Crippen LogP contribution in [0.15, 0.2) is 0 Å². The maximum atomic E-state index is 12.1. The van der Waals surface area contributed by atoms with E-state index in [1.165, 1.54) is 25.7 Å². The van der Waals surface area contributed by atoms with Crippen LogP contribution in [0, 0.1) is 5.92 Å². The van der Waals surface area contributed by atoms with E-state index in [0.717, 1.165) is 13.0 Å². The molecule has 1 rings (SSSR count). The lowest BCUT2D eigenvalue weighted by Gasteiger charge is -2.29. The average molecular weight is 226 g/mol. The minimum atomic E-state index is 0.329. The Labute approximate surface area is 99.4 Å². The van der Waals surface area contributed by atoms with E-state index in [9.17, 15) is 4.79 Å². The quantitative estimate of drug-likeness (QED) is 0.754. The molecule has 0 heterocycles. The molecule has 1 aliphatic rings. The molecule has 3 nitrogen and oxygen atoms in total. The van der Waals surface area contributed by atoms with Gasteiger partial charge >= 0.3 is 0 Å². The third-order valence-electron chi connectivity index (χ3n) is 3.27. The second-order valence-electron chi connectivity index (χ2n) is 5.27. The number of hydrogen-bond donors (Lipinski definition) is 1. The average Bonchev–Trinajstić information content (AvgIpc) is 2.70. The molecule has 0 atom stereocenters. The van der Waals surface area contributed by atoms with E-state index in [1.54, 1.807) is 0 Å². The van der Waals surface area contributed by atoms with E-state index < -0.39 is 0 Å². The van der Waals surface area contributed by atoms with Crippen LogP contribution in [-0.2, 0) is 4.79 Å². The standard InChI is InChI=1S/C13H26N2O/c1-11(2)10-13(16)15(9-5-8-14)12-6-3-4-7-12/h11-12H,3-10,14H2,1-2H3. The molecule has 0 aromatic heterocycles. The summed E-state index contributed by atoms with van der Waals surface area (Å²) in [6.07, 6.45) is 6.54. The molecule has 1 amide bonds. The SMILES string of the molecule is CC(C)CC(=O)N(CCCN)C1CCCC1. The van der Waals surface area contributed by atoms with Gasteiger partial charge in [-0.25, -0.2) is 0 Å². The Morgan fingerprint density at radius 2 is 2.00 bits per heavy atom. The highest BCUT2D eigenvalue weighted by molar-refractivity contribution is 5.76. The summed E-state index contributed by atoms with van der Waals surface area (Å²) in [7, 11) is 0. The van der Waals surface area contributed by atoms with Crippen LogP contribution < -0.4 is 5.73 Å². The van der Waals surface area contributed by atoms with Gasteiger partial charge in [0, 0.05) is 19.0 Å². The number of amides is 1. The van der Waals surface area contributed by atoms with Crippen LogP contribution in [0.1, 0.15) is 52.4 Å². The number of carbonyl (C=O) groups excluding carboxylic acids is 1. The van der Waals surface area contributed by atoms with Crippen LogP contribution in [0.4, 0.5) is 0 Å². The fraction of sp³-hybridized carbons (Fsp3) is 0.923. The van der Waals surface area contributed by atoms with Crippen molar-refractivity contribution >= 4 is 5.91 Å². The number of nitrogens with two attached hydrogens (primary N) is 1. The van der Waals surface area contributed by atoms with Crippen molar-refractivity contribution in [2.45, 2.75) is 58.4 Å². The van der Waals surface area contributed by atoms with Gasteiger partial charge in [-0.1, -0.05) is 26.7 Å². The third kappa shape index (κ3) is 4.12. The van der Waals surface area contributed by atoms with E-state index in [2.05, 4.69) is 18.7 Å². The zero-order valence-electron chi connectivity index (χ0n) is 10.7. The van der Waals surface area contributed by atoms with E-state index in [-0.39, 0.29) is 0 Å². The minimum Gasteiger partial charge on any atom is -0.340 e. The summed E-state index contributed by atoms with van der Waals surface area (Å²) < 4.78 is 0. The second-order valence-corrected chi connectivity index (χ2v) is 5.27. The molecule has 0 radical (unpaired) electrons. The fourth-order valence-corrected chi connectivity index (χ4v) is 2.45. The molecule has 0 spiro atoms. The lowest BCUT2D eigenvalue weighted by Crippen LogP contribution is -2.40. The van der Waals surface area contributed by atoms with E-state index in [0.29, 0.717) is 30.8 Å². The van der Waals surface area contributed by atoms with Crippen molar-refractivity contribution in [3.8, 4) is 0 Å². The Hall–Kier alpha value is -0.570. The normalized spacial score (nSPS) is 17.0. The van der Waals surface area contributed by atoms with Crippen molar-refractivity contribution < 1.29 is 4.79 Å². The summed E-state index contributed by atoms with van der Waals surface area (Å²) in [6.45, 7) is 5.74. The van der Waals surface area contributed by atoms with Gasteiger partial charge in [0.25, 0.3) is 0 Å². The largest absolute Gasteiger partial charge is 0.340 e. The summed E-state index contributed by atoms with van der Waals surface area (Å²) in [6, 6.07) is 0.498. The molecule has 0 aliphatic heterocycles. The highest BCUT2D eigenvalue weighted by Crippen LogP contribution is 2.24. The molecule has 94 valence electrons. The summed E-state index contributed by atoms with van der Waals surface area (Å²) in [5.41, 5.74) is 5.54.